The number of carbonyl (C=O) groups excluding carboxylic acids is 2. The van der Waals surface area contributed by atoms with Crippen LogP contribution in [0.5, 0.6) is 0 Å². The molecule has 0 aromatic heterocycles. The molecule has 25 heavy (non-hydrogen) atoms. The van der Waals surface area contributed by atoms with E-state index in [1.54, 1.807) is 30.3 Å². The molecule has 132 valence electrons. The van der Waals surface area contributed by atoms with Crippen LogP contribution in [0.2, 0.25) is 10.0 Å². The summed E-state index contributed by atoms with van der Waals surface area (Å²) in [6.45, 7) is 2.77. The highest BCUT2D eigenvalue weighted by Crippen LogP contribution is 2.21. The molecule has 0 fully saturated rings. The van der Waals surface area contributed by atoms with Gasteiger partial charge in [0.05, 0.1) is 0 Å². The molecular weight excluding hydrogens is 359 g/mol. The van der Waals surface area contributed by atoms with Gasteiger partial charge in [-0.2, -0.15) is 0 Å². The predicted octanol–water partition coefficient (Wildman–Crippen LogP) is 4.36. The van der Waals surface area contributed by atoms with Gasteiger partial charge in [0, 0.05) is 34.3 Å². The number of anilines is 1. The number of hydrogen-bond donors (Lipinski definition) is 2. The van der Waals surface area contributed by atoms with E-state index in [0.29, 0.717) is 40.8 Å². The van der Waals surface area contributed by atoms with Crippen LogP contribution in [0.4, 0.5) is 5.69 Å². The Kier molecular flexibility index (Phi) is 7.44. The van der Waals surface area contributed by atoms with E-state index in [1.807, 2.05) is 12.1 Å². The van der Waals surface area contributed by atoms with E-state index in [-0.39, 0.29) is 11.7 Å². The minimum Gasteiger partial charge on any atom is -0.326 e. The molecule has 0 heterocycles. The van der Waals surface area contributed by atoms with Crippen molar-refractivity contribution < 1.29 is 9.59 Å². The molecular formula is C19H20Cl2N2O2. The second kappa shape index (κ2) is 9.56. The minimum atomic E-state index is -0.0993. The van der Waals surface area contributed by atoms with Crippen molar-refractivity contribution in [3.8, 4) is 0 Å². The first-order valence-corrected chi connectivity index (χ1v) is 8.77. The fraction of sp³-hybridized carbons (Fsp3) is 0.263. The molecule has 2 aromatic rings. The topological polar surface area (TPSA) is 58.2 Å². The normalized spacial score (nSPS) is 10.5. The Bertz CT molecular complexity index is 763. The molecule has 0 aliphatic heterocycles. The fourth-order valence-electron chi connectivity index (χ4n) is 2.31. The molecule has 0 radical (unpaired) electrons. The SMILES string of the molecule is CC(=O)c1cccc(NC(=O)CCNCCc2ccc(Cl)cc2Cl)c1. The molecule has 2 N–H and O–H groups in total. The van der Waals surface area contributed by atoms with Crippen LogP contribution in [0.1, 0.15) is 29.3 Å². The predicted molar refractivity (Wildman–Crippen MR) is 103 cm³/mol. The number of ketones is 1. The highest BCUT2D eigenvalue weighted by Gasteiger charge is 2.05. The molecule has 0 spiro atoms. The van der Waals surface area contributed by atoms with Gasteiger partial charge in [0.1, 0.15) is 0 Å². The fourth-order valence-corrected chi connectivity index (χ4v) is 2.82. The number of rotatable bonds is 8. The molecule has 0 bridgehead atoms. The van der Waals surface area contributed by atoms with Gasteiger partial charge in [0.2, 0.25) is 5.91 Å². The number of hydrogen-bond acceptors (Lipinski definition) is 3. The Morgan fingerprint density at radius 1 is 1.04 bits per heavy atom. The molecule has 0 aliphatic rings. The van der Waals surface area contributed by atoms with Crippen LogP contribution < -0.4 is 10.6 Å². The summed E-state index contributed by atoms with van der Waals surface area (Å²) in [4.78, 5) is 23.3. The lowest BCUT2D eigenvalue weighted by Gasteiger charge is -2.08. The maximum absolute atomic E-state index is 11.9. The van der Waals surface area contributed by atoms with E-state index in [4.69, 9.17) is 23.2 Å². The molecule has 0 atom stereocenters. The third-order valence-electron chi connectivity index (χ3n) is 3.67. The van der Waals surface area contributed by atoms with E-state index in [2.05, 4.69) is 10.6 Å². The molecule has 0 aliphatic carbocycles. The van der Waals surface area contributed by atoms with Gasteiger partial charge in [-0.25, -0.2) is 0 Å². The van der Waals surface area contributed by atoms with E-state index in [9.17, 15) is 9.59 Å². The van der Waals surface area contributed by atoms with Gasteiger partial charge in [-0.15, -0.1) is 0 Å². The van der Waals surface area contributed by atoms with Crippen molar-refractivity contribution in [2.45, 2.75) is 19.8 Å². The summed E-state index contributed by atoms with van der Waals surface area (Å²) >= 11 is 12.0. The second-order valence-electron chi connectivity index (χ2n) is 5.67. The Morgan fingerprint density at radius 2 is 1.84 bits per heavy atom. The molecule has 0 saturated carbocycles. The van der Waals surface area contributed by atoms with Crippen LogP contribution in [0, 0.1) is 0 Å². The first-order chi connectivity index (χ1) is 12.0. The second-order valence-corrected chi connectivity index (χ2v) is 6.51. The summed E-state index contributed by atoms with van der Waals surface area (Å²) in [7, 11) is 0. The van der Waals surface area contributed by atoms with Crippen LogP contribution in [-0.4, -0.2) is 24.8 Å². The number of Topliss-reactive ketones (excluding diaryl/α,β-unsaturated/α-hetero) is 1. The first kappa shape index (κ1) is 19.4. The van der Waals surface area contributed by atoms with E-state index in [0.717, 1.165) is 12.0 Å². The average Bonchev–Trinajstić information content (AvgIpc) is 2.56. The number of benzene rings is 2. The van der Waals surface area contributed by atoms with Crippen molar-refractivity contribution in [3.63, 3.8) is 0 Å². The van der Waals surface area contributed by atoms with Gasteiger partial charge in [0.15, 0.2) is 5.78 Å². The largest absolute Gasteiger partial charge is 0.326 e. The lowest BCUT2D eigenvalue weighted by atomic mass is 10.1. The summed E-state index contributed by atoms with van der Waals surface area (Å²) in [5.74, 6) is -0.128. The molecule has 0 saturated heterocycles. The highest BCUT2D eigenvalue weighted by atomic mass is 35.5. The van der Waals surface area contributed by atoms with Gasteiger partial charge in [-0.1, -0.05) is 41.4 Å². The van der Waals surface area contributed by atoms with Crippen molar-refractivity contribution in [1.82, 2.24) is 5.32 Å². The quantitative estimate of drug-likeness (QED) is 0.529. The third-order valence-corrected chi connectivity index (χ3v) is 4.25. The maximum atomic E-state index is 11.9. The monoisotopic (exact) mass is 378 g/mol. The van der Waals surface area contributed by atoms with Crippen molar-refractivity contribution >= 4 is 40.6 Å². The van der Waals surface area contributed by atoms with Crippen LogP contribution in [-0.2, 0) is 11.2 Å². The van der Waals surface area contributed by atoms with Crippen LogP contribution in [0.15, 0.2) is 42.5 Å². The molecule has 4 nitrogen and oxygen atoms in total. The zero-order valence-electron chi connectivity index (χ0n) is 13.9. The summed E-state index contributed by atoms with van der Waals surface area (Å²) in [5, 5.41) is 7.28. The number of halogens is 2. The summed E-state index contributed by atoms with van der Waals surface area (Å²) in [6, 6.07) is 12.4. The van der Waals surface area contributed by atoms with Gasteiger partial charge in [-0.3, -0.25) is 9.59 Å². The van der Waals surface area contributed by atoms with Crippen molar-refractivity contribution in [2.24, 2.45) is 0 Å². The summed E-state index contributed by atoms with van der Waals surface area (Å²) in [5.41, 5.74) is 2.23. The van der Waals surface area contributed by atoms with Gasteiger partial charge in [0.25, 0.3) is 0 Å². The van der Waals surface area contributed by atoms with E-state index < -0.39 is 0 Å². The number of nitrogens with one attached hydrogen (secondary N) is 2. The molecule has 2 aromatic carbocycles. The van der Waals surface area contributed by atoms with Gasteiger partial charge < -0.3 is 10.6 Å². The van der Waals surface area contributed by atoms with Crippen molar-refractivity contribution in [2.75, 3.05) is 18.4 Å². The minimum absolute atomic E-state index is 0.0291. The molecule has 1 amide bonds. The first-order valence-electron chi connectivity index (χ1n) is 8.01. The molecule has 6 heteroatoms. The van der Waals surface area contributed by atoms with E-state index >= 15 is 0 Å². The lowest BCUT2D eigenvalue weighted by molar-refractivity contribution is -0.116. The third kappa shape index (κ3) is 6.50. The standard InChI is InChI=1S/C19H20Cl2N2O2/c1-13(24)15-3-2-4-17(11-15)23-19(25)8-10-22-9-7-14-5-6-16(20)12-18(14)21/h2-6,11-12,22H,7-10H2,1H3,(H,23,25). The smallest absolute Gasteiger partial charge is 0.225 e. The lowest BCUT2D eigenvalue weighted by Crippen LogP contribution is -2.23. The maximum Gasteiger partial charge on any atom is 0.225 e. The number of carbonyl (C=O) groups is 2. The van der Waals surface area contributed by atoms with E-state index in [1.165, 1.54) is 6.92 Å². The van der Waals surface area contributed by atoms with Crippen molar-refractivity contribution in [3.05, 3.63) is 63.6 Å². The zero-order chi connectivity index (χ0) is 18.2. The van der Waals surface area contributed by atoms with Gasteiger partial charge >= 0.3 is 0 Å². The Balaban J connectivity index is 1.70. The molecule has 2 rings (SSSR count). The Hall–Kier alpha value is -1.88. The summed E-state index contributed by atoms with van der Waals surface area (Å²) < 4.78 is 0. The average molecular weight is 379 g/mol. The highest BCUT2D eigenvalue weighted by molar-refractivity contribution is 6.35. The van der Waals surface area contributed by atoms with Crippen LogP contribution in [0.25, 0.3) is 0 Å². The summed E-state index contributed by atoms with van der Waals surface area (Å²) in [6.07, 6.45) is 1.11. The zero-order valence-corrected chi connectivity index (χ0v) is 15.5. The van der Waals surface area contributed by atoms with Crippen LogP contribution >= 0.6 is 23.2 Å². The Morgan fingerprint density at radius 3 is 2.56 bits per heavy atom. The van der Waals surface area contributed by atoms with Crippen LogP contribution in [0.3, 0.4) is 0 Å². The Labute approximate surface area is 157 Å². The van der Waals surface area contributed by atoms with Crippen molar-refractivity contribution in [1.29, 1.82) is 0 Å². The molecule has 0 unspecified atom stereocenters. The number of amides is 1. The van der Waals surface area contributed by atoms with Gasteiger partial charge in [-0.05, 0) is 49.7 Å².